The molecule has 1 fully saturated rings. The van der Waals surface area contributed by atoms with Crippen LogP contribution in [0.25, 0.3) is 0 Å². The van der Waals surface area contributed by atoms with E-state index >= 15 is 0 Å². The summed E-state index contributed by atoms with van der Waals surface area (Å²) in [7, 11) is 0. The van der Waals surface area contributed by atoms with Crippen LogP contribution in [0.4, 0.5) is 4.39 Å². The number of carbonyl (C=O) groups is 2. The minimum atomic E-state index is -1.01. The van der Waals surface area contributed by atoms with Crippen molar-refractivity contribution >= 4 is 23.6 Å². The molecule has 0 radical (unpaired) electrons. The second kappa shape index (κ2) is 6.26. The fourth-order valence-corrected chi connectivity index (χ4v) is 3.78. The number of thioether (sulfide) groups is 1. The highest BCUT2D eigenvalue weighted by Gasteiger charge is 2.41. The number of rotatable bonds is 4. The third kappa shape index (κ3) is 2.95. The van der Waals surface area contributed by atoms with Gasteiger partial charge < -0.3 is 10.0 Å². The van der Waals surface area contributed by atoms with Crippen molar-refractivity contribution < 1.29 is 19.1 Å². The van der Waals surface area contributed by atoms with Gasteiger partial charge in [0.25, 0.3) is 5.91 Å². The quantitative estimate of drug-likeness (QED) is 0.928. The van der Waals surface area contributed by atoms with Crippen LogP contribution in [0, 0.1) is 5.82 Å². The topological polar surface area (TPSA) is 57.6 Å². The van der Waals surface area contributed by atoms with Crippen molar-refractivity contribution in [2.45, 2.75) is 31.2 Å². The first-order valence-electron chi connectivity index (χ1n) is 6.47. The lowest BCUT2D eigenvalue weighted by atomic mass is 10.1. The number of hydrogen-bond acceptors (Lipinski definition) is 3. The Morgan fingerprint density at radius 1 is 1.50 bits per heavy atom. The van der Waals surface area contributed by atoms with Crippen molar-refractivity contribution in [2.24, 2.45) is 0 Å². The van der Waals surface area contributed by atoms with Gasteiger partial charge in [-0.15, -0.1) is 11.8 Å². The molecule has 0 spiro atoms. The van der Waals surface area contributed by atoms with Crippen molar-refractivity contribution in [1.29, 1.82) is 0 Å². The van der Waals surface area contributed by atoms with Gasteiger partial charge in [-0.05, 0) is 24.6 Å². The number of amides is 1. The molecular formula is C14H16FNO3S. The Balaban J connectivity index is 2.29. The van der Waals surface area contributed by atoms with Gasteiger partial charge in [-0.3, -0.25) is 4.79 Å². The van der Waals surface area contributed by atoms with Crippen LogP contribution in [0.2, 0.25) is 0 Å². The summed E-state index contributed by atoms with van der Waals surface area (Å²) in [6.45, 7) is 1.99. The van der Waals surface area contributed by atoms with Crippen LogP contribution in [0.15, 0.2) is 24.3 Å². The molecule has 0 aliphatic carbocycles. The predicted octanol–water partition coefficient (Wildman–Crippen LogP) is 2.59. The molecule has 20 heavy (non-hydrogen) atoms. The van der Waals surface area contributed by atoms with Gasteiger partial charge in [0.2, 0.25) is 0 Å². The smallest absolute Gasteiger partial charge is 0.327 e. The van der Waals surface area contributed by atoms with Gasteiger partial charge >= 0.3 is 5.97 Å². The highest BCUT2D eigenvalue weighted by molar-refractivity contribution is 8.00. The first kappa shape index (κ1) is 14.8. The zero-order valence-corrected chi connectivity index (χ0v) is 11.9. The van der Waals surface area contributed by atoms with E-state index in [1.807, 2.05) is 6.92 Å². The van der Waals surface area contributed by atoms with Crippen LogP contribution >= 0.6 is 11.8 Å². The molecule has 6 heteroatoms. The monoisotopic (exact) mass is 297 g/mol. The second-order valence-electron chi connectivity index (χ2n) is 4.65. The second-order valence-corrected chi connectivity index (χ2v) is 5.86. The molecule has 1 saturated heterocycles. The normalized spacial score (nSPS) is 22.0. The van der Waals surface area contributed by atoms with Crippen molar-refractivity contribution in [3.63, 3.8) is 0 Å². The molecule has 2 atom stereocenters. The summed E-state index contributed by atoms with van der Waals surface area (Å²) in [4.78, 5) is 25.1. The van der Waals surface area contributed by atoms with Crippen molar-refractivity contribution in [3.8, 4) is 0 Å². The maximum atomic E-state index is 13.2. The average Bonchev–Trinajstić information content (AvgIpc) is 2.82. The largest absolute Gasteiger partial charge is 0.480 e. The minimum absolute atomic E-state index is 0.156. The van der Waals surface area contributed by atoms with Crippen molar-refractivity contribution in [3.05, 3.63) is 35.6 Å². The molecule has 1 heterocycles. The summed E-state index contributed by atoms with van der Waals surface area (Å²) in [5.41, 5.74) is 0.194. The molecule has 1 aliphatic heterocycles. The maximum absolute atomic E-state index is 13.2. The number of benzene rings is 1. The number of carboxylic acid groups (broad SMARTS) is 1. The number of aliphatic carboxylic acids is 1. The van der Waals surface area contributed by atoms with E-state index in [4.69, 9.17) is 0 Å². The Hall–Kier alpha value is -1.56. The molecule has 2 rings (SSSR count). The van der Waals surface area contributed by atoms with Crippen LogP contribution in [0.3, 0.4) is 0 Å². The number of carbonyl (C=O) groups excluding carboxylic acids is 1. The van der Waals surface area contributed by atoms with E-state index in [-0.39, 0.29) is 10.9 Å². The lowest BCUT2D eigenvalue weighted by molar-refractivity contribution is -0.141. The predicted molar refractivity (Wildman–Crippen MR) is 75.1 cm³/mol. The minimum Gasteiger partial charge on any atom is -0.480 e. The van der Waals surface area contributed by atoms with E-state index in [1.54, 1.807) is 0 Å². The Labute approximate surface area is 121 Å². The molecule has 0 aromatic heterocycles. The summed E-state index contributed by atoms with van der Waals surface area (Å²) in [6.07, 6.45) is 1.59. The van der Waals surface area contributed by atoms with Gasteiger partial charge in [0, 0.05) is 11.3 Å². The van der Waals surface area contributed by atoms with Crippen LogP contribution in [0.5, 0.6) is 0 Å². The van der Waals surface area contributed by atoms with Crippen LogP contribution in [-0.2, 0) is 4.79 Å². The summed E-state index contributed by atoms with van der Waals surface area (Å²) in [5, 5.41) is 9.08. The summed E-state index contributed by atoms with van der Waals surface area (Å²) in [6, 6.07) is 4.53. The average molecular weight is 297 g/mol. The number of carboxylic acids is 1. The van der Waals surface area contributed by atoms with E-state index in [9.17, 15) is 19.1 Å². The first-order valence-corrected chi connectivity index (χ1v) is 7.52. The van der Waals surface area contributed by atoms with Crippen LogP contribution in [-0.4, -0.2) is 39.1 Å². The van der Waals surface area contributed by atoms with Crippen LogP contribution < -0.4 is 0 Å². The third-order valence-corrected chi connectivity index (χ3v) is 4.58. The third-order valence-electron chi connectivity index (χ3n) is 3.22. The molecule has 1 amide bonds. The van der Waals surface area contributed by atoms with Crippen LogP contribution in [0.1, 0.15) is 30.1 Å². The summed E-state index contributed by atoms with van der Waals surface area (Å²) < 4.78 is 13.2. The Morgan fingerprint density at radius 2 is 2.25 bits per heavy atom. The zero-order chi connectivity index (χ0) is 14.7. The number of nitrogens with zero attached hydrogens (tertiary/aromatic N) is 1. The molecule has 0 bridgehead atoms. The Bertz CT molecular complexity index is 523. The standard InChI is InChI=1S/C14H16FNO3S/c1-2-4-12-16(11(8-20-12)14(18)19)13(17)9-5-3-6-10(15)7-9/h3,5-7,11-12H,2,4,8H2,1H3,(H,18,19). The maximum Gasteiger partial charge on any atom is 0.327 e. The first-order chi connectivity index (χ1) is 9.54. The molecule has 1 aromatic rings. The Kier molecular flexibility index (Phi) is 4.65. The lowest BCUT2D eigenvalue weighted by Crippen LogP contribution is -2.45. The highest BCUT2D eigenvalue weighted by atomic mass is 32.2. The molecule has 108 valence electrons. The molecule has 1 aromatic carbocycles. The Morgan fingerprint density at radius 3 is 2.85 bits per heavy atom. The van der Waals surface area contributed by atoms with Gasteiger partial charge in [-0.2, -0.15) is 0 Å². The van der Waals surface area contributed by atoms with Gasteiger partial charge in [-0.1, -0.05) is 19.4 Å². The fourth-order valence-electron chi connectivity index (χ4n) is 2.27. The van der Waals surface area contributed by atoms with Gasteiger partial charge in [0.15, 0.2) is 0 Å². The van der Waals surface area contributed by atoms with E-state index in [2.05, 4.69) is 0 Å². The molecular weight excluding hydrogens is 281 g/mol. The molecule has 2 unspecified atom stereocenters. The highest BCUT2D eigenvalue weighted by Crippen LogP contribution is 2.33. The molecule has 1 aliphatic rings. The van der Waals surface area contributed by atoms with Gasteiger partial charge in [-0.25, -0.2) is 9.18 Å². The van der Waals surface area contributed by atoms with E-state index in [0.717, 1.165) is 18.9 Å². The SMILES string of the molecule is CCCC1SCC(C(=O)O)N1C(=O)c1cccc(F)c1. The van der Waals surface area contributed by atoms with E-state index in [0.29, 0.717) is 5.75 Å². The molecule has 1 N–H and O–H groups in total. The molecule has 0 saturated carbocycles. The summed E-state index contributed by atoms with van der Waals surface area (Å²) >= 11 is 1.47. The van der Waals surface area contributed by atoms with E-state index < -0.39 is 23.7 Å². The van der Waals surface area contributed by atoms with E-state index in [1.165, 1.54) is 34.9 Å². The molecule has 4 nitrogen and oxygen atoms in total. The van der Waals surface area contributed by atoms with Gasteiger partial charge in [0.1, 0.15) is 11.9 Å². The fraction of sp³-hybridized carbons (Fsp3) is 0.429. The number of hydrogen-bond donors (Lipinski definition) is 1. The van der Waals surface area contributed by atoms with Crippen molar-refractivity contribution in [2.75, 3.05) is 5.75 Å². The lowest BCUT2D eigenvalue weighted by Gasteiger charge is -2.27. The van der Waals surface area contributed by atoms with Crippen molar-refractivity contribution in [1.82, 2.24) is 4.90 Å². The van der Waals surface area contributed by atoms with Gasteiger partial charge in [0.05, 0.1) is 5.37 Å². The zero-order valence-electron chi connectivity index (χ0n) is 11.1. The summed E-state index contributed by atoms with van der Waals surface area (Å²) in [5.74, 6) is -1.55. The number of halogens is 1.